The van der Waals surface area contributed by atoms with E-state index in [9.17, 15) is 0 Å². The first kappa shape index (κ1) is 17.1. The molecule has 120 valence electrons. The lowest BCUT2D eigenvalue weighted by molar-refractivity contribution is 0.370. The number of unbranched alkanes of at least 4 members (excludes halogenated alkanes) is 3. The van der Waals surface area contributed by atoms with Crippen LogP contribution in [0.15, 0.2) is 42.5 Å². The van der Waals surface area contributed by atoms with Crippen molar-refractivity contribution in [2.75, 3.05) is 0 Å². The summed E-state index contributed by atoms with van der Waals surface area (Å²) < 4.78 is 0. The minimum atomic E-state index is 0.797. The Labute approximate surface area is 136 Å². The maximum atomic E-state index is 2.36. The first-order valence-electron chi connectivity index (χ1n) is 9.17. The second-order valence-electron chi connectivity index (χ2n) is 7.19. The van der Waals surface area contributed by atoms with Gasteiger partial charge in [0.2, 0.25) is 0 Å². The van der Waals surface area contributed by atoms with Crippen LogP contribution in [-0.2, 0) is 6.42 Å². The van der Waals surface area contributed by atoms with Gasteiger partial charge in [0.15, 0.2) is 0 Å². The average molecular weight is 296 g/mol. The summed E-state index contributed by atoms with van der Waals surface area (Å²) in [5.41, 5.74) is 1.54. The zero-order valence-electron chi connectivity index (χ0n) is 14.6. The van der Waals surface area contributed by atoms with Crippen LogP contribution in [0.5, 0.6) is 0 Å². The molecule has 2 aromatic carbocycles. The lowest BCUT2D eigenvalue weighted by atomic mass is 9.85. The van der Waals surface area contributed by atoms with Gasteiger partial charge in [0.05, 0.1) is 0 Å². The Morgan fingerprint density at radius 2 is 1.64 bits per heavy atom. The van der Waals surface area contributed by atoms with Gasteiger partial charge in [-0.25, -0.2) is 0 Å². The van der Waals surface area contributed by atoms with Gasteiger partial charge >= 0.3 is 0 Å². The Morgan fingerprint density at radius 3 is 2.41 bits per heavy atom. The fraction of sp³-hybridized carbons (Fsp3) is 0.545. The molecule has 0 fully saturated rings. The smallest absolute Gasteiger partial charge is 0.0152 e. The van der Waals surface area contributed by atoms with E-state index in [1.165, 1.54) is 55.7 Å². The van der Waals surface area contributed by atoms with E-state index in [0.717, 1.165) is 11.8 Å². The summed E-state index contributed by atoms with van der Waals surface area (Å²) in [6, 6.07) is 15.6. The van der Waals surface area contributed by atoms with Crippen LogP contribution in [0.25, 0.3) is 10.8 Å². The molecule has 0 aromatic heterocycles. The van der Waals surface area contributed by atoms with Crippen molar-refractivity contribution in [1.29, 1.82) is 0 Å². The van der Waals surface area contributed by atoms with Crippen molar-refractivity contribution in [1.82, 2.24) is 0 Å². The highest BCUT2D eigenvalue weighted by molar-refractivity contribution is 5.85. The van der Waals surface area contributed by atoms with Crippen molar-refractivity contribution in [3.8, 4) is 0 Å². The van der Waals surface area contributed by atoms with E-state index >= 15 is 0 Å². The summed E-state index contributed by atoms with van der Waals surface area (Å²) in [5.74, 6) is 1.63. The Kier molecular flexibility index (Phi) is 6.96. The summed E-state index contributed by atoms with van der Waals surface area (Å²) in [7, 11) is 0. The Hall–Kier alpha value is -1.30. The molecule has 0 aliphatic heterocycles. The van der Waals surface area contributed by atoms with Gasteiger partial charge in [0, 0.05) is 0 Å². The molecule has 2 rings (SSSR count). The van der Waals surface area contributed by atoms with Crippen molar-refractivity contribution in [3.05, 3.63) is 48.0 Å². The van der Waals surface area contributed by atoms with Gasteiger partial charge in [-0.15, -0.1) is 0 Å². The topological polar surface area (TPSA) is 0 Å². The molecule has 22 heavy (non-hydrogen) atoms. The Balaban J connectivity index is 2.07. The molecular weight excluding hydrogens is 264 g/mol. The first-order chi connectivity index (χ1) is 10.7. The zero-order chi connectivity index (χ0) is 15.8. The Bertz CT molecular complexity index is 547. The lowest BCUT2D eigenvalue weighted by Gasteiger charge is -2.20. The highest BCUT2D eigenvalue weighted by atomic mass is 14.2. The number of rotatable bonds is 9. The first-order valence-corrected chi connectivity index (χ1v) is 9.17. The third kappa shape index (κ3) is 5.16. The fourth-order valence-electron chi connectivity index (χ4n) is 3.61. The molecule has 0 heterocycles. The van der Waals surface area contributed by atoms with Crippen molar-refractivity contribution in [2.24, 2.45) is 11.8 Å². The lowest BCUT2D eigenvalue weighted by Crippen LogP contribution is -2.09. The van der Waals surface area contributed by atoms with Crippen LogP contribution in [-0.4, -0.2) is 0 Å². The van der Waals surface area contributed by atoms with Gasteiger partial charge in [0.1, 0.15) is 0 Å². The molecule has 0 saturated carbocycles. The summed E-state index contributed by atoms with van der Waals surface area (Å²) in [6.07, 6.45) is 9.51. The third-order valence-corrected chi connectivity index (χ3v) is 4.66. The molecule has 0 nitrogen and oxygen atoms in total. The third-order valence-electron chi connectivity index (χ3n) is 4.66. The fourth-order valence-corrected chi connectivity index (χ4v) is 3.61. The average Bonchev–Trinajstić information content (AvgIpc) is 2.51. The van der Waals surface area contributed by atoms with E-state index < -0.39 is 0 Å². The largest absolute Gasteiger partial charge is 0.0654 e. The van der Waals surface area contributed by atoms with Crippen molar-refractivity contribution < 1.29 is 0 Å². The molecule has 2 aromatic rings. The molecular formula is C22H32. The van der Waals surface area contributed by atoms with Gasteiger partial charge in [-0.2, -0.15) is 0 Å². The summed E-state index contributed by atoms with van der Waals surface area (Å²) >= 11 is 0. The SMILES string of the molecule is CCCCCCC(Cc1cccc2ccccc12)CC(C)C. The van der Waals surface area contributed by atoms with Crippen LogP contribution in [0, 0.1) is 11.8 Å². The molecule has 0 bridgehead atoms. The molecule has 0 amide bonds. The van der Waals surface area contributed by atoms with E-state index in [-0.39, 0.29) is 0 Å². The minimum absolute atomic E-state index is 0.797. The molecule has 0 spiro atoms. The van der Waals surface area contributed by atoms with Crippen LogP contribution >= 0.6 is 0 Å². The predicted octanol–water partition coefficient (Wildman–Crippen LogP) is 7.02. The van der Waals surface area contributed by atoms with Gasteiger partial charge in [0.25, 0.3) is 0 Å². The van der Waals surface area contributed by atoms with Crippen LogP contribution in [0.4, 0.5) is 0 Å². The zero-order valence-corrected chi connectivity index (χ0v) is 14.6. The molecule has 1 atom stereocenters. The molecule has 0 aliphatic carbocycles. The summed E-state index contributed by atoms with van der Waals surface area (Å²) in [5, 5.41) is 2.83. The molecule has 0 radical (unpaired) electrons. The van der Waals surface area contributed by atoms with Gasteiger partial charge in [-0.05, 0) is 41.0 Å². The van der Waals surface area contributed by atoms with E-state index in [4.69, 9.17) is 0 Å². The molecule has 0 heteroatoms. The monoisotopic (exact) mass is 296 g/mol. The van der Waals surface area contributed by atoms with Crippen LogP contribution < -0.4 is 0 Å². The highest BCUT2D eigenvalue weighted by Crippen LogP contribution is 2.27. The van der Waals surface area contributed by atoms with E-state index in [0.29, 0.717) is 0 Å². The maximum Gasteiger partial charge on any atom is -0.0152 e. The van der Waals surface area contributed by atoms with E-state index in [1.54, 1.807) is 5.56 Å². The van der Waals surface area contributed by atoms with Gasteiger partial charge in [-0.3, -0.25) is 0 Å². The number of hydrogen-bond acceptors (Lipinski definition) is 0. The van der Waals surface area contributed by atoms with Crippen molar-refractivity contribution >= 4 is 10.8 Å². The molecule has 0 saturated heterocycles. The second-order valence-corrected chi connectivity index (χ2v) is 7.19. The summed E-state index contributed by atoms with van der Waals surface area (Å²) in [6.45, 7) is 7.02. The quantitative estimate of drug-likeness (QED) is 0.436. The van der Waals surface area contributed by atoms with Crippen molar-refractivity contribution in [3.63, 3.8) is 0 Å². The van der Waals surface area contributed by atoms with Gasteiger partial charge < -0.3 is 0 Å². The van der Waals surface area contributed by atoms with Crippen LogP contribution in [0.2, 0.25) is 0 Å². The van der Waals surface area contributed by atoms with Crippen LogP contribution in [0.1, 0.15) is 64.9 Å². The molecule has 0 N–H and O–H groups in total. The predicted molar refractivity (Wildman–Crippen MR) is 99.4 cm³/mol. The van der Waals surface area contributed by atoms with E-state index in [1.807, 2.05) is 0 Å². The highest BCUT2D eigenvalue weighted by Gasteiger charge is 2.13. The second kappa shape index (κ2) is 8.98. The van der Waals surface area contributed by atoms with Crippen molar-refractivity contribution in [2.45, 2.75) is 65.7 Å². The summed E-state index contributed by atoms with van der Waals surface area (Å²) in [4.78, 5) is 0. The van der Waals surface area contributed by atoms with E-state index in [2.05, 4.69) is 63.2 Å². The number of hydrogen-bond donors (Lipinski definition) is 0. The maximum absolute atomic E-state index is 2.36. The normalized spacial score (nSPS) is 12.9. The van der Waals surface area contributed by atoms with Gasteiger partial charge in [-0.1, -0.05) is 95.3 Å². The number of fused-ring (bicyclic) bond motifs is 1. The number of benzene rings is 2. The van der Waals surface area contributed by atoms with Crippen LogP contribution in [0.3, 0.4) is 0 Å². The standard InChI is InChI=1S/C22H32/c1-4-5-6-7-11-19(16-18(2)3)17-21-14-10-13-20-12-8-9-15-22(20)21/h8-10,12-15,18-19H,4-7,11,16-17H2,1-3H3. The molecule has 0 aliphatic rings. The molecule has 1 unspecified atom stereocenters. The minimum Gasteiger partial charge on any atom is -0.0654 e. The Morgan fingerprint density at radius 1 is 0.864 bits per heavy atom.